The number of hydrogen-bond acceptors (Lipinski definition) is 3. The van der Waals surface area contributed by atoms with Gasteiger partial charge in [0.2, 0.25) is 0 Å². The third-order valence-corrected chi connectivity index (χ3v) is 3.59. The second-order valence-corrected chi connectivity index (χ2v) is 5.01. The van der Waals surface area contributed by atoms with Crippen molar-refractivity contribution in [2.24, 2.45) is 0 Å². The zero-order valence-corrected chi connectivity index (χ0v) is 10.7. The second kappa shape index (κ2) is 4.21. The van der Waals surface area contributed by atoms with Crippen molar-refractivity contribution >= 4 is 16.8 Å². The highest BCUT2D eigenvalue weighted by Crippen LogP contribution is 2.30. The number of H-pyrrole nitrogens is 1. The van der Waals surface area contributed by atoms with Gasteiger partial charge in [-0.25, -0.2) is 0 Å². The van der Waals surface area contributed by atoms with E-state index in [0.29, 0.717) is 18.6 Å². The number of ketones is 1. The zero-order chi connectivity index (χ0) is 12.7. The first kappa shape index (κ1) is 11.4. The summed E-state index contributed by atoms with van der Waals surface area (Å²) in [4.78, 5) is 19.6. The highest BCUT2D eigenvalue weighted by atomic mass is 16.1. The molecule has 2 N–H and O–H groups in total. The van der Waals surface area contributed by atoms with Crippen molar-refractivity contribution in [3.63, 3.8) is 0 Å². The number of nitrogens with zero attached hydrogens (tertiary/aromatic N) is 1. The molecule has 4 nitrogen and oxygen atoms in total. The summed E-state index contributed by atoms with van der Waals surface area (Å²) in [7, 11) is 0. The van der Waals surface area contributed by atoms with Gasteiger partial charge < -0.3 is 10.3 Å². The van der Waals surface area contributed by atoms with Crippen LogP contribution in [0.15, 0.2) is 12.1 Å². The molecule has 1 aliphatic rings. The Kier molecular flexibility index (Phi) is 2.67. The summed E-state index contributed by atoms with van der Waals surface area (Å²) < 4.78 is 0. The first-order valence-corrected chi connectivity index (χ1v) is 6.36. The molecule has 3 rings (SSSR count). The molecule has 1 saturated heterocycles. The van der Waals surface area contributed by atoms with Crippen molar-refractivity contribution < 1.29 is 4.79 Å². The van der Waals surface area contributed by atoms with Gasteiger partial charge in [-0.1, -0.05) is 0 Å². The van der Waals surface area contributed by atoms with Crippen LogP contribution in [0.5, 0.6) is 0 Å². The van der Waals surface area contributed by atoms with E-state index < -0.39 is 0 Å². The molecule has 1 fully saturated rings. The minimum absolute atomic E-state index is 0.106. The van der Waals surface area contributed by atoms with Crippen LogP contribution in [0.3, 0.4) is 0 Å². The lowest BCUT2D eigenvalue weighted by atomic mass is 9.96. The monoisotopic (exact) mass is 243 g/mol. The number of fused-ring (bicyclic) bond motifs is 1. The third-order valence-electron chi connectivity index (χ3n) is 3.59. The van der Waals surface area contributed by atoms with Crippen LogP contribution in [0.25, 0.3) is 11.0 Å². The third kappa shape index (κ3) is 1.82. The Labute approximate surface area is 106 Å². The molecule has 4 heteroatoms. The van der Waals surface area contributed by atoms with Gasteiger partial charge in [0.25, 0.3) is 0 Å². The van der Waals surface area contributed by atoms with Crippen molar-refractivity contribution in [2.45, 2.75) is 32.7 Å². The number of carbonyl (C=O) groups excluding carboxylic acids is 1. The molecule has 94 valence electrons. The Balaban J connectivity index is 2.12. The summed E-state index contributed by atoms with van der Waals surface area (Å²) in [6, 6.07) is 4.16. The molecule has 0 aromatic carbocycles. The normalized spacial score (nSPS) is 20.6. The predicted octanol–water partition coefficient (Wildman–Crippen LogP) is 2.17. The van der Waals surface area contributed by atoms with Gasteiger partial charge in [0.05, 0.1) is 11.0 Å². The number of piperidine rings is 1. The van der Waals surface area contributed by atoms with E-state index in [1.54, 1.807) is 0 Å². The Morgan fingerprint density at radius 2 is 2.17 bits per heavy atom. The van der Waals surface area contributed by atoms with E-state index in [2.05, 4.69) is 21.4 Å². The standard InChI is InChI=1S/C14H17N3O/c1-8-3-4-11-14(16-8)13(9(2)17-11)12-7-10(18)5-6-15-12/h3-4,12,15,17H,5-7H2,1-2H3. The van der Waals surface area contributed by atoms with Gasteiger partial charge in [-0.3, -0.25) is 9.78 Å². The number of aryl methyl sites for hydroxylation is 2. The maximum absolute atomic E-state index is 11.6. The number of aromatic nitrogens is 2. The fourth-order valence-electron chi connectivity index (χ4n) is 2.73. The minimum Gasteiger partial charge on any atom is -0.357 e. The van der Waals surface area contributed by atoms with Gasteiger partial charge in [0.15, 0.2) is 0 Å². The van der Waals surface area contributed by atoms with E-state index in [9.17, 15) is 4.79 Å². The highest BCUT2D eigenvalue weighted by Gasteiger charge is 2.25. The van der Waals surface area contributed by atoms with Crippen LogP contribution in [0.1, 0.15) is 35.8 Å². The largest absolute Gasteiger partial charge is 0.357 e. The molecule has 0 bridgehead atoms. The van der Waals surface area contributed by atoms with Crippen LogP contribution >= 0.6 is 0 Å². The number of rotatable bonds is 1. The first-order valence-electron chi connectivity index (χ1n) is 6.36. The van der Waals surface area contributed by atoms with Crippen LogP contribution in [0.4, 0.5) is 0 Å². The lowest BCUT2D eigenvalue weighted by Crippen LogP contribution is -2.32. The van der Waals surface area contributed by atoms with Crippen LogP contribution in [-0.4, -0.2) is 22.3 Å². The maximum atomic E-state index is 11.6. The number of pyridine rings is 1. The number of nitrogens with one attached hydrogen (secondary N) is 2. The molecule has 1 unspecified atom stereocenters. The van der Waals surface area contributed by atoms with Gasteiger partial charge >= 0.3 is 0 Å². The molecule has 0 amide bonds. The van der Waals surface area contributed by atoms with E-state index in [1.807, 2.05) is 19.9 Å². The van der Waals surface area contributed by atoms with E-state index in [-0.39, 0.29) is 6.04 Å². The fraction of sp³-hybridized carbons (Fsp3) is 0.429. The Hall–Kier alpha value is -1.68. The molecule has 2 aromatic rings. The maximum Gasteiger partial charge on any atom is 0.136 e. The summed E-state index contributed by atoms with van der Waals surface area (Å²) in [6.07, 6.45) is 1.22. The van der Waals surface area contributed by atoms with E-state index in [1.165, 1.54) is 0 Å². The van der Waals surface area contributed by atoms with Gasteiger partial charge in [0.1, 0.15) is 5.78 Å². The average molecular weight is 243 g/mol. The molecule has 0 spiro atoms. The van der Waals surface area contributed by atoms with Crippen molar-refractivity contribution in [1.29, 1.82) is 0 Å². The summed E-state index contributed by atoms with van der Waals surface area (Å²) in [6.45, 7) is 4.81. The lowest BCUT2D eigenvalue weighted by Gasteiger charge is -2.23. The SMILES string of the molecule is Cc1ccc2[nH]c(C)c(C3CC(=O)CCN3)c2n1. The molecule has 3 heterocycles. The second-order valence-electron chi connectivity index (χ2n) is 5.01. The quantitative estimate of drug-likeness (QED) is 0.807. The Morgan fingerprint density at radius 1 is 1.33 bits per heavy atom. The van der Waals surface area contributed by atoms with Crippen molar-refractivity contribution in [1.82, 2.24) is 15.3 Å². The lowest BCUT2D eigenvalue weighted by molar-refractivity contribution is -0.120. The number of carbonyl (C=O) groups is 1. The smallest absolute Gasteiger partial charge is 0.136 e. The molecule has 1 aliphatic heterocycles. The van der Waals surface area contributed by atoms with E-state index >= 15 is 0 Å². The minimum atomic E-state index is 0.106. The fourth-order valence-corrected chi connectivity index (χ4v) is 2.73. The molecule has 0 aliphatic carbocycles. The number of Topliss-reactive ketones (excluding diaryl/α,β-unsaturated/α-hetero) is 1. The topological polar surface area (TPSA) is 57.8 Å². The van der Waals surface area contributed by atoms with Crippen LogP contribution in [0, 0.1) is 13.8 Å². The van der Waals surface area contributed by atoms with Gasteiger partial charge in [0, 0.05) is 42.4 Å². The van der Waals surface area contributed by atoms with Crippen LogP contribution in [-0.2, 0) is 4.79 Å². The van der Waals surface area contributed by atoms with Crippen molar-refractivity contribution in [3.05, 3.63) is 29.1 Å². The van der Waals surface area contributed by atoms with Crippen molar-refractivity contribution in [2.75, 3.05) is 6.54 Å². The van der Waals surface area contributed by atoms with E-state index in [0.717, 1.165) is 34.5 Å². The molecule has 18 heavy (non-hydrogen) atoms. The van der Waals surface area contributed by atoms with Gasteiger partial charge in [-0.2, -0.15) is 0 Å². The number of aromatic amines is 1. The summed E-state index contributed by atoms with van der Waals surface area (Å²) >= 11 is 0. The summed E-state index contributed by atoms with van der Waals surface area (Å²) in [5.74, 6) is 0.333. The molecular weight excluding hydrogens is 226 g/mol. The van der Waals surface area contributed by atoms with E-state index in [4.69, 9.17) is 0 Å². The van der Waals surface area contributed by atoms with Gasteiger partial charge in [-0.05, 0) is 26.0 Å². The first-order chi connectivity index (χ1) is 8.65. The van der Waals surface area contributed by atoms with Crippen molar-refractivity contribution in [3.8, 4) is 0 Å². The molecule has 0 saturated carbocycles. The average Bonchev–Trinajstić information content (AvgIpc) is 2.64. The highest BCUT2D eigenvalue weighted by molar-refractivity contribution is 5.84. The molecule has 1 atom stereocenters. The Bertz CT molecular complexity index is 615. The summed E-state index contributed by atoms with van der Waals surface area (Å²) in [5, 5.41) is 3.42. The molecule has 2 aromatic heterocycles. The number of hydrogen-bond donors (Lipinski definition) is 2. The zero-order valence-electron chi connectivity index (χ0n) is 10.7. The van der Waals surface area contributed by atoms with Gasteiger partial charge in [-0.15, -0.1) is 0 Å². The van der Waals surface area contributed by atoms with Crippen LogP contribution in [0.2, 0.25) is 0 Å². The summed E-state index contributed by atoms with van der Waals surface area (Å²) in [5.41, 5.74) is 5.31. The Morgan fingerprint density at radius 3 is 2.94 bits per heavy atom. The molecule has 0 radical (unpaired) electrons. The predicted molar refractivity (Wildman–Crippen MR) is 70.6 cm³/mol. The molecular formula is C14H17N3O. The van der Waals surface area contributed by atoms with Crippen LogP contribution < -0.4 is 5.32 Å².